The SMILES string of the molecule is Cc1ccccc1C(=O)N1CCN(c2ccc(N3CCCCC3)cc2)CC1. The molecule has 2 aliphatic rings. The van der Waals surface area contributed by atoms with Gasteiger partial charge in [-0.1, -0.05) is 18.2 Å². The van der Waals surface area contributed by atoms with Gasteiger partial charge in [-0.25, -0.2) is 0 Å². The summed E-state index contributed by atoms with van der Waals surface area (Å²) in [5.74, 6) is 0.160. The van der Waals surface area contributed by atoms with Crippen LogP contribution >= 0.6 is 0 Å². The summed E-state index contributed by atoms with van der Waals surface area (Å²) in [4.78, 5) is 19.7. The summed E-state index contributed by atoms with van der Waals surface area (Å²) in [6.45, 7) is 7.70. The van der Waals surface area contributed by atoms with Crippen LogP contribution in [-0.2, 0) is 0 Å². The molecule has 0 aromatic heterocycles. The molecule has 4 nitrogen and oxygen atoms in total. The van der Waals surface area contributed by atoms with Crippen LogP contribution in [-0.4, -0.2) is 50.1 Å². The molecular weight excluding hydrogens is 334 g/mol. The Balaban J connectivity index is 1.36. The lowest BCUT2D eigenvalue weighted by molar-refractivity contribution is 0.0746. The average molecular weight is 364 g/mol. The summed E-state index contributed by atoms with van der Waals surface area (Å²) in [6.07, 6.45) is 3.97. The number of hydrogen-bond acceptors (Lipinski definition) is 3. The van der Waals surface area contributed by atoms with Crippen LogP contribution in [0.15, 0.2) is 48.5 Å². The van der Waals surface area contributed by atoms with Crippen molar-refractivity contribution in [3.63, 3.8) is 0 Å². The number of piperidine rings is 1. The van der Waals surface area contributed by atoms with Crippen molar-refractivity contribution in [3.8, 4) is 0 Å². The van der Waals surface area contributed by atoms with E-state index in [1.54, 1.807) is 0 Å². The molecule has 2 saturated heterocycles. The molecule has 2 aromatic carbocycles. The van der Waals surface area contributed by atoms with Crippen molar-refractivity contribution >= 4 is 17.3 Å². The summed E-state index contributed by atoms with van der Waals surface area (Å²) >= 11 is 0. The van der Waals surface area contributed by atoms with E-state index in [2.05, 4.69) is 34.1 Å². The van der Waals surface area contributed by atoms with Gasteiger partial charge in [0.1, 0.15) is 0 Å². The van der Waals surface area contributed by atoms with Crippen LogP contribution in [0.3, 0.4) is 0 Å². The first kappa shape index (κ1) is 17.9. The maximum absolute atomic E-state index is 12.8. The number of hydrogen-bond donors (Lipinski definition) is 0. The average Bonchev–Trinajstić information content (AvgIpc) is 2.74. The number of carbonyl (C=O) groups excluding carboxylic acids is 1. The number of benzene rings is 2. The van der Waals surface area contributed by atoms with E-state index >= 15 is 0 Å². The number of rotatable bonds is 3. The lowest BCUT2D eigenvalue weighted by Gasteiger charge is -2.36. The van der Waals surface area contributed by atoms with E-state index in [-0.39, 0.29) is 5.91 Å². The Morgan fingerprint density at radius 1 is 0.704 bits per heavy atom. The maximum atomic E-state index is 12.8. The van der Waals surface area contributed by atoms with Crippen LogP contribution in [0.1, 0.15) is 35.2 Å². The molecule has 27 heavy (non-hydrogen) atoms. The Morgan fingerprint density at radius 3 is 1.85 bits per heavy atom. The van der Waals surface area contributed by atoms with E-state index in [0.29, 0.717) is 0 Å². The fourth-order valence-electron chi connectivity index (χ4n) is 4.18. The standard InChI is InChI=1S/C23H29N3O/c1-19-7-3-4-8-22(19)23(27)26-17-15-25(16-18-26)21-11-9-20(10-12-21)24-13-5-2-6-14-24/h3-4,7-12H,2,5-6,13-18H2,1H3. The van der Waals surface area contributed by atoms with Crippen LogP contribution in [0.25, 0.3) is 0 Å². The number of nitrogens with zero attached hydrogens (tertiary/aromatic N) is 3. The lowest BCUT2D eigenvalue weighted by Crippen LogP contribution is -2.48. The zero-order valence-corrected chi connectivity index (χ0v) is 16.2. The minimum atomic E-state index is 0.160. The first-order valence-electron chi connectivity index (χ1n) is 10.2. The van der Waals surface area contributed by atoms with Crippen molar-refractivity contribution in [1.29, 1.82) is 0 Å². The molecule has 0 spiro atoms. The highest BCUT2D eigenvalue weighted by Crippen LogP contribution is 2.24. The molecule has 2 heterocycles. The van der Waals surface area contributed by atoms with Crippen molar-refractivity contribution in [2.75, 3.05) is 49.1 Å². The van der Waals surface area contributed by atoms with Gasteiger partial charge in [-0.2, -0.15) is 0 Å². The second kappa shape index (κ2) is 8.03. The smallest absolute Gasteiger partial charge is 0.254 e. The molecule has 0 unspecified atom stereocenters. The van der Waals surface area contributed by atoms with Crippen LogP contribution in [0.2, 0.25) is 0 Å². The van der Waals surface area contributed by atoms with Crippen LogP contribution in [0.4, 0.5) is 11.4 Å². The van der Waals surface area contributed by atoms with Gasteiger partial charge in [-0.05, 0) is 62.1 Å². The topological polar surface area (TPSA) is 26.8 Å². The van der Waals surface area contributed by atoms with Gasteiger partial charge >= 0.3 is 0 Å². The van der Waals surface area contributed by atoms with Gasteiger partial charge in [0.05, 0.1) is 0 Å². The summed E-state index contributed by atoms with van der Waals surface area (Å²) in [5, 5.41) is 0. The molecule has 2 aliphatic heterocycles. The number of aryl methyl sites for hydroxylation is 1. The molecule has 1 amide bonds. The third-order valence-electron chi connectivity index (χ3n) is 5.88. The third kappa shape index (κ3) is 3.95. The molecule has 2 aromatic rings. The molecular formula is C23H29N3O. The van der Waals surface area contributed by atoms with Crippen molar-refractivity contribution in [1.82, 2.24) is 4.90 Å². The minimum Gasteiger partial charge on any atom is -0.372 e. The van der Waals surface area contributed by atoms with Crippen LogP contribution in [0, 0.1) is 6.92 Å². The van der Waals surface area contributed by atoms with Crippen molar-refractivity contribution in [3.05, 3.63) is 59.7 Å². The third-order valence-corrected chi connectivity index (χ3v) is 5.88. The first-order valence-corrected chi connectivity index (χ1v) is 10.2. The van der Waals surface area contributed by atoms with Gasteiger partial charge in [-0.15, -0.1) is 0 Å². The molecule has 0 bridgehead atoms. The van der Waals surface area contributed by atoms with Crippen molar-refractivity contribution in [2.45, 2.75) is 26.2 Å². The highest BCUT2D eigenvalue weighted by Gasteiger charge is 2.23. The highest BCUT2D eigenvalue weighted by atomic mass is 16.2. The van der Waals surface area contributed by atoms with Gasteiger partial charge in [-0.3, -0.25) is 4.79 Å². The molecule has 4 heteroatoms. The van der Waals surface area contributed by atoms with E-state index in [0.717, 1.165) is 37.3 Å². The fourth-order valence-corrected chi connectivity index (χ4v) is 4.18. The second-order valence-electron chi connectivity index (χ2n) is 7.66. The summed E-state index contributed by atoms with van der Waals surface area (Å²) < 4.78 is 0. The Hall–Kier alpha value is -2.49. The maximum Gasteiger partial charge on any atom is 0.254 e. The Kier molecular flexibility index (Phi) is 5.33. The molecule has 142 valence electrons. The van der Waals surface area contributed by atoms with E-state index in [1.807, 2.05) is 36.1 Å². The molecule has 0 atom stereocenters. The molecule has 0 N–H and O–H groups in total. The van der Waals surface area contributed by atoms with Crippen LogP contribution in [0.5, 0.6) is 0 Å². The van der Waals surface area contributed by atoms with E-state index in [1.165, 1.54) is 43.7 Å². The minimum absolute atomic E-state index is 0.160. The van der Waals surface area contributed by atoms with Gasteiger partial charge in [0.15, 0.2) is 0 Å². The molecule has 0 saturated carbocycles. The van der Waals surface area contributed by atoms with Crippen molar-refractivity contribution < 1.29 is 4.79 Å². The summed E-state index contributed by atoms with van der Waals surface area (Å²) in [7, 11) is 0. The fraction of sp³-hybridized carbons (Fsp3) is 0.435. The number of carbonyl (C=O) groups is 1. The molecule has 2 fully saturated rings. The Labute approximate surface area is 162 Å². The predicted octanol–water partition coefficient (Wildman–Crippen LogP) is 3.95. The van der Waals surface area contributed by atoms with E-state index < -0.39 is 0 Å². The molecule has 0 aliphatic carbocycles. The Bertz CT molecular complexity index is 772. The number of anilines is 2. The zero-order valence-electron chi connectivity index (χ0n) is 16.2. The van der Waals surface area contributed by atoms with Gasteiger partial charge < -0.3 is 14.7 Å². The van der Waals surface area contributed by atoms with E-state index in [9.17, 15) is 4.79 Å². The summed E-state index contributed by atoms with van der Waals surface area (Å²) in [5.41, 5.74) is 4.49. The molecule has 4 rings (SSSR count). The van der Waals surface area contributed by atoms with E-state index in [4.69, 9.17) is 0 Å². The highest BCUT2D eigenvalue weighted by molar-refractivity contribution is 5.95. The number of amides is 1. The van der Waals surface area contributed by atoms with Crippen molar-refractivity contribution in [2.24, 2.45) is 0 Å². The summed E-state index contributed by atoms with van der Waals surface area (Å²) in [6, 6.07) is 16.9. The normalized spacial score (nSPS) is 17.9. The quantitative estimate of drug-likeness (QED) is 0.826. The van der Waals surface area contributed by atoms with Gasteiger partial charge in [0.2, 0.25) is 0 Å². The second-order valence-corrected chi connectivity index (χ2v) is 7.66. The first-order chi connectivity index (χ1) is 13.2. The largest absolute Gasteiger partial charge is 0.372 e. The van der Waals surface area contributed by atoms with Gasteiger partial charge in [0, 0.05) is 56.2 Å². The molecule has 0 radical (unpaired) electrons. The predicted molar refractivity (Wildman–Crippen MR) is 112 cm³/mol. The van der Waals surface area contributed by atoms with Gasteiger partial charge in [0.25, 0.3) is 5.91 Å². The number of piperazine rings is 1. The lowest BCUT2D eigenvalue weighted by atomic mass is 10.1. The Morgan fingerprint density at radius 2 is 1.26 bits per heavy atom. The zero-order chi connectivity index (χ0) is 18.6. The van der Waals surface area contributed by atoms with Crippen LogP contribution < -0.4 is 9.80 Å². The monoisotopic (exact) mass is 363 g/mol.